The quantitative estimate of drug-likeness (QED) is 0.591. The summed E-state index contributed by atoms with van der Waals surface area (Å²) in [5, 5.41) is 13.0. The van der Waals surface area contributed by atoms with Gasteiger partial charge in [0.2, 0.25) is 0 Å². The Hall–Kier alpha value is -3.51. The maximum Gasteiger partial charge on any atom is 0.279 e. The highest BCUT2D eigenvalue weighted by Crippen LogP contribution is 2.29. The van der Waals surface area contributed by atoms with Gasteiger partial charge in [-0.05, 0) is 36.4 Å². The molecule has 0 atom stereocenters. The van der Waals surface area contributed by atoms with Crippen molar-refractivity contribution in [1.29, 1.82) is 0 Å². The van der Waals surface area contributed by atoms with Gasteiger partial charge in [0.15, 0.2) is 12.3 Å². The summed E-state index contributed by atoms with van der Waals surface area (Å²) >= 11 is 0. The first kappa shape index (κ1) is 19.8. The van der Waals surface area contributed by atoms with Crippen molar-refractivity contribution in [2.24, 2.45) is 0 Å². The second kappa shape index (κ2) is 9.33. The number of quaternary nitrogens is 1. The van der Waals surface area contributed by atoms with Gasteiger partial charge in [-0.3, -0.25) is 4.79 Å². The third-order valence-electron chi connectivity index (χ3n) is 5.24. The fourth-order valence-electron chi connectivity index (χ4n) is 3.67. The van der Waals surface area contributed by atoms with Gasteiger partial charge in [-0.2, -0.15) is 0 Å². The average molecular weight is 404 g/mol. The molecule has 0 aliphatic carbocycles. The van der Waals surface area contributed by atoms with Crippen LogP contribution in [-0.4, -0.2) is 43.7 Å². The Morgan fingerprint density at radius 2 is 1.60 bits per heavy atom. The van der Waals surface area contributed by atoms with E-state index in [4.69, 9.17) is 4.74 Å². The van der Waals surface area contributed by atoms with Gasteiger partial charge in [0, 0.05) is 0 Å². The number of anilines is 2. The number of rotatable bonds is 6. The molecule has 3 N–H and O–H groups in total. The number of hydrogen-bond acceptors (Lipinski definition) is 4. The zero-order valence-corrected chi connectivity index (χ0v) is 16.8. The van der Waals surface area contributed by atoms with E-state index in [1.807, 2.05) is 72.8 Å². The molecule has 1 aliphatic rings. The summed E-state index contributed by atoms with van der Waals surface area (Å²) in [4.78, 5) is 16.0. The van der Waals surface area contributed by atoms with Gasteiger partial charge in [0.05, 0.1) is 37.6 Å². The maximum absolute atomic E-state index is 12.6. The minimum Gasteiger partial charge on any atom is -0.506 e. The molecule has 1 heterocycles. The van der Waals surface area contributed by atoms with E-state index in [2.05, 4.69) is 10.2 Å². The number of piperazine rings is 1. The van der Waals surface area contributed by atoms with Crippen LogP contribution in [0.4, 0.5) is 11.4 Å². The monoisotopic (exact) mass is 404 g/mol. The predicted octanol–water partition coefficient (Wildman–Crippen LogP) is 2.53. The molecule has 0 bridgehead atoms. The van der Waals surface area contributed by atoms with Crippen molar-refractivity contribution < 1.29 is 19.5 Å². The van der Waals surface area contributed by atoms with Gasteiger partial charge in [-0.1, -0.05) is 42.5 Å². The van der Waals surface area contributed by atoms with Crippen LogP contribution < -0.4 is 19.9 Å². The highest BCUT2D eigenvalue weighted by molar-refractivity contribution is 5.93. The van der Waals surface area contributed by atoms with Crippen molar-refractivity contribution in [3.05, 3.63) is 78.9 Å². The molecule has 0 spiro atoms. The van der Waals surface area contributed by atoms with E-state index < -0.39 is 0 Å². The van der Waals surface area contributed by atoms with Crippen LogP contribution in [0.1, 0.15) is 0 Å². The first-order valence-electron chi connectivity index (χ1n) is 10.2. The summed E-state index contributed by atoms with van der Waals surface area (Å²) in [5.41, 5.74) is 1.52. The number of benzene rings is 3. The lowest BCUT2D eigenvalue weighted by atomic mass is 10.2. The van der Waals surface area contributed by atoms with Gasteiger partial charge in [-0.15, -0.1) is 0 Å². The number of hydrogen-bond donors (Lipinski definition) is 3. The van der Waals surface area contributed by atoms with E-state index in [-0.39, 0.29) is 5.91 Å². The molecule has 0 radical (unpaired) electrons. The lowest BCUT2D eigenvalue weighted by Gasteiger charge is -2.33. The van der Waals surface area contributed by atoms with Gasteiger partial charge in [0.25, 0.3) is 5.91 Å². The smallest absolute Gasteiger partial charge is 0.279 e. The van der Waals surface area contributed by atoms with Crippen LogP contribution in [0.3, 0.4) is 0 Å². The summed E-state index contributed by atoms with van der Waals surface area (Å²) in [7, 11) is 0. The van der Waals surface area contributed by atoms with E-state index in [1.165, 1.54) is 4.90 Å². The molecule has 0 unspecified atom stereocenters. The lowest BCUT2D eigenvalue weighted by Crippen LogP contribution is -3.15. The normalized spacial score (nSPS) is 14.3. The zero-order chi connectivity index (χ0) is 20.8. The Balaban J connectivity index is 1.32. The van der Waals surface area contributed by atoms with E-state index in [1.54, 1.807) is 6.07 Å². The number of nitrogens with zero attached hydrogens (tertiary/aromatic N) is 1. The van der Waals surface area contributed by atoms with Crippen LogP contribution in [0, 0.1) is 0 Å². The lowest BCUT2D eigenvalue weighted by molar-refractivity contribution is -0.892. The van der Waals surface area contributed by atoms with Crippen molar-refractivity contribution in [1.82, 2.24) is 0 Å². The largest absolute Gasteiger partial charge is 0.506 e. The number of amides is 1. The molecule has 3 aromatic carbocycles. The van der Waals surface area contributed by atoms with Crippen molar-refractivity contribution in [3.63, 3.8) is 0 Å². The number of ether oxygens (including phenoxy) is 1. The van der Waals surface area contributed by atoms with Crippen molar-refractivity contribution in [2.45, 2.75) is 0 Å². The van der Waals surface area contributed by atoms with Crippen LogP contribution in [0.5, 0.6) is 17.2 Å². The number of nitrogens with one attached hydrogen (secondary N) is 2. The topological polar surface area (TPSA) is 66.2 Å². The fourth-order valence-corrected chi connectivity index (χ4v) is 3.67. The molecule has 3 aromatic rings. The summed E-state index contributed by atoms with van der Waals surface area (Å²) in [6.07, 6.45) is 0. The molecule has 1 saturated heterocycles. The van der Waals surface area contributed by atoms with Crippen molar-refractivity contribution in [2.75, 3.05) is 42.9 Å². The van der Waals surface area contributed by atoms with Crippen LogP contribution in [0.15, 0.2) is 78.9 Å². The highest BCUT2D eigenvalue weighted by Gasteiger charge is 2.24. The van der Waals surface area contributed by atoms with Crippen LogP contribution in [-0.2, 0) is 4.79 Å². The Morgan fingerprint density at radius 3 is 2.37 bits per heavy atom. The molecule has 0 saturated carbocycles. The third-order valence-corrected chi connectivity index (χ3v) is 5.24. The van der Waals surface area contributed by atoms with E-state index in [9.17, 15) is 9.90 Å². The predicted molar refractivity (Wildman–Crippen MR) is 117 cm³/mol. The molecule has 0 aromatic heterocycles. The molecule has 1 aliphatic heterocycles. The second-order valence-electron chi connectivity index (χ2n) is 7.36. The molecular weight excluding hydrogens is 378 g/mol. The number of aromatic hydroxyl groups is 1. The summed E-state index contributed by atoms with van der Waals surface area (Å²) < 4.78 is 5.92. The Morgan fingerprint density at radius 1 is 0.933 bits per heavy atom. The van der Waals surface area contributed by atoms with E-state index in [0.29, 0.717) is 23.7 Å². The molecule has 1 amide bonds. The maximum atomic E-state index is 12.6. The number of para-hydroxylation sites is 5. The second-order valence-corrected chi connectivity index (χ2v) is 7.36. The molecule has 154 valence electrons. The van der Waals surface area contributed by atoms with Gasteiger partial charge < -0.3 is 25.0 Å². The summed E-state index contributed by atoms with van der Waals surface area (Å²) in [6.45, 7) is 3.67. The summed E-state index contributed by atoms with van der Waals surface area (Å²) in [5.74, 6) is 1.61. The first-order chi connectivity index (χ1) is 14.7. The van der Waals surface area contributed by atoms with E-state index in [0.717, 1.165) is 37.6 Å². The number of carbonyl (C=O) groups is 1. The van der Waals surface area contributed by atoms with Crippen molar-refractivity contribution >= 4 is 17.3 Å². The van der Waals surface area contributed by atoms with Gasteiger partial charge >= 0.3 is 0 Å². The fraction of sp³-hybridized carbons (Fsp3) is 0.208. The first-order valence-corrected chi connectivity index (χ1v) is 10.2. The van der Waals surface area contributed by atoms with Gasteiger partial charge in [0.1, 0.15) is 11.5 Å². The molecule has 30 heavy (non-hydrogen) atoms. The SMILES string of the molecule is O=C(C[NH+]1CCN(c2ccccc2O)CC1)Nc1ccccc1Oc1ccccc1. The Labute approximate surface area is 176 Å². The summed E-state index contributed by atoms with van der Waals surface area (Å²) in [6, 6.07) is 24.4. The van der Waals surface area contributed by atoms with Gasteiger partial charge in [-0.25, -0.2) is 0 Å². The molecule has 6 nitrogen and oxygen atoms in total. The highest BCUT2D eigenvalue weighted by atomic mass is 16.5. The standard InChI is InChI=1S/C24H25N3O3/c28-22-12-6-5-11-21(22)27-16-14-26(15-17-27)18-24(29)25-20-10-4-7-13-23(20)30-19-8-2-1-3-9-19/h1-13,28H,14-18H2,(H,25,29)/p+1. The minimum atomic E-state index is -0.0369. The number of phenolic OH excluding ortho intramolecular Hbond substituents is 1. The van der Waals surface area contributed by atoms with Crippen LogP contribution in [0.25, 0.3) is 0 Å². The minimum absolute atomic E-state index is 0.0369. The molecular formula is C24H26N3O3+. The molecule has 4 rings (SSSR count). The zero-order valence-electron chi connectivity index (χ0n) is 16.8. The molecule has 6 heteroatoms. The van der Waals surface area contributed by atoms with Crippen LogP contribution >= 0.6 is 0 Å². The number of phenols is 1. The Kier molecular flexibility index (Phi) is 6.15. The Bertz CT molecular complexity index is 986. The van der Waals surface area contributed by atoms with Crippen molar-refractivity contribution in [3.8, 4) is 17.2 Å². The van der Waals surface area contributed by atoms with E-state index >= 15 is 0 Å². The van der Waals surface area contributed by atoms with Crippen LogP contribution in [0.2, 0.25) is 0 Å². The molecule has 1 fully saturated rings. The third kappa shape index (κ3) is 4.90. The average Bonchev–Trinajstić information content (AvgIpc) is 2.77. The number of carbonyl (C=O) groups excluding carboxylic acids is 1.